The van der Waals surface area contributed by atoms with Crippen molar-refractivity contribution in [2.24, 2.45) is 0 Å². The fraction of sp³-hybridized carbons (Fsp3) is 0.429. The fourth-order valence-corrected chi connectivity index (χ4v) is 2.16. The Morgan fingerprint density at radius 3 is 2.74 bits per heavy atom. The van der Waals surface area contributed by atoms with Gasteiger partial charge in [-0.05, 0) is 18.6 Å². The smallest absolute Gasteiger partial charge is 0.243 e. The summed E-state index contributed by atoms with van der Waals surface area (Å²) in [6, 6.07) is 9.05. The predicted octanol–water partition coefficient (Wildman–Crippen LogP) is 0.802. The highest BCUT2D eigenvalue weighted by Crippen LogP contribution is 2.11. The topological polar surface area (TPSA) is 58.6 Å². The molecular weight excluding hydrogens is 244 g/mol. The molecule has 0 aliphatic carbocycles. The molecule has 0 aromatic heterocycles. The second kappa shape index (κ2) is 6.22. The van der Waals surface area contributed by atoms with E-state index in [1.807, 2.05) is 37.3 Å². The zero-order chi connectivity index (χ0) is 13.7. The van der Waals surface area contributed by atoms with Crippen molar-refractivity contribution in [3.8, 4) is 5.75 Å². The second-order valence-electron chi connectivity index (χ2n) is 4.39. The van der Waals surface area contributed by atoms with E-state index in [9.17, 15) is 9.59 Å². The summed E-state index contributed by atoms with van der Waals surface area (Å²) in [6.45, 7) is 2.80. The Morgan fingerprint density at radius 2 is 2.05 bits per heavy atom. The molecule has 2 rings (SSSR count). The van der Waals surface area contributed by atoms with Crippen LogP contribution in [0.3, 0.4) is 0 Å². The Bertz CT molecular complexity index is 447. The summed E-state index contributed by atoms with van der Waals surface area (Å²) in [5.41, 5.74) is 0. The van der Waals surface area contributed by atoms with E-state index in [1.54, 1.807) is 4.90 Å². The van der Waals surface area contributed by atoms with Gasteiger partial charge in [0.1, 0.15) is 18.4 Å². The molecule has 5 heteroatoms. The van der Waals surface area contributed by atoms with Crippen LogP contribution in [0.4, 0.5) is 0 Å². The number of amides is 2. The summed E-state index contributed by atoms with van der Waals surface area (Å²) < 4.78 is 5.56. The summed E-state index contributed by atoms with van der Waals surface area (Å²) in [6.07, 6.45) is 0.614. The van der Waals surface area contributed by atoms with Crippen LogP contribution in [0.15, 0.2) is 30.3 Å². The van der Waals surface area contributed by atoms with Gasteiger partial charge < -0.3 is 15.0 Å². The van der Waals surface area contributed by atoms with Gasteiger partial charge in [-0.1, -0.05) is 25.1 Å². The van der Waals surface area contributed by atoms with Crippen LogP contribution in [0.5, 0.6) is 5.75 Å². The van der Waals surface area contributed by atoms with Crippen LogP contribution in [-0.4, -0.2) is 42.5 Å². The van der Waals surface area contributed by atoms with Gasteiger partial charge in [-0.15, -0.1) is 0 Å². The molecule has 0 radical (unpaired) electrons. The van der Waals surface area contributed by atoms with E-state index in [2.05, 4.69) is 5.32 Å². The lowest BCUT2D eigenvalue weighted by Crippen LogP contribution is -2.58. The van der Waals surface area contributed by atoms with E-state index < -0.39 is 0 Å². The first-order valence-corrected chi connectivity index (χ1v) is 6.47. The van der Waals surface area contributed by atoms with Crippen molar-refractivity contribution in [3.05, 3.63) is 30.3 Å². The largest absolute Gasteiger partial charge is 0.492 e. The highest BCUT2D eigenvalue weighted by molar-refractivity contribution is 5.94. The van der Waals surface area contributed by atoms with Gasteiger partial charge in [0.25, 0.3) is 0 Å². The average molecular weight is 262 g/mol. The minimum Gasteiger partial charge on any atom is -0.492 e. The highest BCUT2D eigenvalue weighted by Gasteiger charge is 2.32. The zero-order valence-electron chi connectivity index (χ0n) is 11.0. The first kappa shape index (κ1) is 13.4. The molecule has 1 heterocycles. The number of hydrogen-bond donors (Lipinski definition) is 1. The number of rotatable bonds is 5. The van der Waals surface area contributed by atoms with Crippen molar-refractivity contribution in [2.45, 2.75) is 19.4 Å². The van der Waals surface area contributed by atoms with Gasteiger partial charge in [0.15, 0.2) is 0 Å². The molecule has 1 aromatic rings. The summed E-state index contributed by atoms with van der Waals surface area (Å²) >= 11 is 0. The maximum atomic E-state index is 11.8. The van der Waals surface area contributed by atoms with Crippen molar-refractivity contribution in [1.29, 1.82) is 0 Å². The number of hydrogen-bond acceptors (Lipinski definition) is 3. The Morgan fingerprint density at radius 1 is 1.32 bits per heavy atom. The molecule has 102 valence electrons. The maximum Gasteiger partial charge on any atom is 0.243 e. The summed E-state index contributed by atoms with van der Waals surface area (Å²) in [5.74, 6) is 0.634. The van der Waals surface area contributed by atoms with E-state index in [1.165, 1.54) is 0 Å². The third-order valence-electron chi connectivity index (χ3n) is 3.14. The molecule has 1 aromatic carbocycles. The van der Waals surface area contributed by atoms with Crippen LogP contribution in [0.25, 0.3) is 0 Å². The lowest BCUT2D eigenvalue weighted by molar-refractivity contribution is -0.146. The van der Waals surface area contributed by atoms with E-state index in [0.717, 1.165) is 5.75 Å². The van der Waals surface area contributed by atoms with Crippen molar-refractivity contribution in [2.75, 3.05) is 19.7 Å². The Hall–Kier alpha value is -2.04. The summed E-state index contributed by atoms with van der Waals surface area (Å²) in [7, 11) is 0. The van der Waals surface area contributed by atoms with Crippen molar-refractivity contribution in [1.82, 2.24) is 10.2 Å². The van der Waals surface area contributed by atoms with Gasteiger partial charge in [0.05, 0.1) is 13.1 Å². The highest BCUT2D eigenvalue weighted by atomic mass is 16.5. The van der Waals surface area contributed by atoms with Gasteiger partial charge >= 0.3 is 0 Å². The minimum absolute atomic E-state index is 0.0527. The SMILES string of the molecule is CCC1C(=O)NCC(=O)N1CCOc1ccccc1. The third kappa shape index (κ3) is 3.24. The molecule has 1 atom stereocenters. The first-order chi connectivity index (χ1) is 9.22. The van der Waals surface area contributed by atoms with Crippen LogP contribution in [0, 0.1) is 0 Å². The molecule has 1 aliphatic heterocycles. The molecule has 5 nitrogen and oxygen atoms in total. The van der Waals surface area contributed by atoms with Crippen molar-refractivity contribution < 1.29 is 14.3 Å². The zero-order valence-corrected chi connectivity index (χ0v) is 11.0. The lowest BCUT2D eigenvalue weighted by atomic mass is 10.1. The molecule has 1 fully saturated rings. The molecule has 1 unspecified atom stereocenters. The quantitative estimate of drug-likeness (QED) is 0.854. The number of piperazine rings is 1. The van der Waals surface area contributed by atoms with Gasteiger partial charge in [-0.2, -0.15) is 0 Å². The molecule has 1 aliphatic rings. The van der Waals surface area contributed by atoms with E-state index in [-0.39, 0.29) is 24.4 Å². The molecular formula is C14H18N2O3. The van der Waals surface area contributed by atoms with Gasteiger partial charge in [0, 0.05) is 0 Å². The number of benzene rings is 1. The number of nitrogens with zero attached hydrogens (tertiary/aromatic N) is 1. The third-order valence-corrected chi connectivity index (χ3v) is 3.14. The molecule has 1 N–H and O–H groups in total. The van der Waals surface area contributed by atoms with Crippen LogP contribution >= 0.6 is 0 Å². The summed E-state index contributed by atoms with van der Waals surface area (Å²) in [4.78, 5) is 25.1. The number of ether oxygens (including phenoxy) is 1. The van der Waals surface area contributed by atoms with Crippen molar-refractivity contribution >= 4 is 11.8 Å². The summed E-state index contributed by atoms with van der Waals surface area (Å²) in [5, 5.41) is 2.60. The molecule has 0 saturated carbocycles. The lowest BCUT2D eigenvalue weighted by Gasteiger charge is -2.34. The van der Waals surface area contributed by atoms with E-state index in [0.29, 0.717) is 19.6 Å². The van der Waals surface area contributed by atoms with E-state index >= 15 is 0 Å². The minimum atomic E-state index is -0.374. The molecule has 2 amide bonds. The van der Waals surface area contributed by atoms with E-state index in [4.69, 9.17) is 4.74 Å². The predicted molar refractivity (Wildman–Crippen MR) is 70.7 cm³/mol. The monoisotopic (exact) mass is 262 g/mol. The number of para-hydroxylation sites is 1. The van der Waals surface area contributed by atoms with Crippen LogP contribution in [-0.2, 0) is 9.59 Å². The Kier molecular flexibility index (Phi) is 4.39. The molecule has 0 bridgehead atoms. The number of carbonyl (C=O) groups excluding carboxylic acids is 2. The molecule has 0 spiro atoms. The molecule has 1 saturated heterocycles. The second-order valence-corrected chi connectivity index (χ2v) is 4.39. The van der Waals surface area contributed by atoms with Crippen molar-refractivity contribution in [3.63, 3.8) is 0 Å². The number of nitrogens with one attached hydrogen (secondary N) is 1. The Balaban J connectivity index is 1.89. The standard InChI is InChI=1S/C14H18N2O3/c1-2-12-14(18)15-10-13(17)16(12)8-9-19-11-6-4-3-5-7-11/h3-7,12H,2,8-10H2,1H3,(H,15,18). The Labute approximate surface area is 112 Å². The normalized spacial score (nSPS) is 19.2. The van der Waals surface area contributed by atoms with Gasteiger partial charge in [-0.25, -0.2) is 0 Å². The first-order valence-electron chi connectivity index (χ1n) is 6.47. The average Bonchev–Trinajstić information content (AvgIpc) is 2.44. The maximum absolute atomic E-state index is 11.8. The van der Waals surface area contributed by atoms with Gasteiger partial charge in [-0.3, -0.25) is 9.59 Å². The van der Waals surface area contributed by atoms with Gasteiger partial charge in [0.2, 0.25) is 11.8 Å². The van der Waals surface area contributed by atoms with Crippen LogP contribution in [0.1, 0.15) is 13.3 Å². The van der Waals surface area contributed by atoms with Crippen LogP contribution < -0.4 is 10.1 Å². The fourth-order valence-electron chi connectivity index (χ4n) is 2.16. The van der Waals surface area contributed by atoms with Crippen LogP contribution in [0.2, 0.25) is 0 Å². The number of carbonyl (C=O) groups is 2. The molecule has 19 heavy (non-hydrogen) atoms.